The van der Waals surface area contributed by atoms with Crippen molar-refractivity contribution < 1.29 is 24.2 Å². The first-order valence-corrected chi connectivity index (χ1v) is 5.90. The fourth-order valence-electron chi connectivity index (χ4n) is 2.39. The molecule has 1 radical (unpaired) electrons. The van der Waals surface area contributed by atoms with Gasteiger partial charge in [0.1, 0.15) is 0 Å². The van der Waals surface area contributed by atoms with Crippen LogP contribution in [0.3, 0.4) is 0 Å². The molecule has 0 aliphatic heterocycles. The third-order valence-electron chi connectivity index (χ3n) is 3.33. The van der Waals surface area contributed by atoms with Gasteiger partial charge in [0, 0.05) is 0 Å². The van der Waals surface area contributed by atoms with Crippen molar-refractivity contribution in [3.8, 4) is 0 Å². The van der Waals surface area contributed by atoms with E-state index in [1.54, 1.807) is 6.82 Å². The zero-order valence-electron chi connectivity index (χ0n) is 10.5. The molecule has 0 aromatic heterocycles. The van der Waals surface area contributed by atoms with Crippen molar-refractivity contribution in [3.63, 3.8) is 0 Å². The summed E-state index contributed by atoms with van der Waals surface area (Å²) in [5.74, 6) is -3.58. The molecule has 1 amide bonds. The van der Waals surface area contributed by atoms with Gasteiger partial charge in [0.25, 0.3) is 0 Å². The number of carbonyl (C=O) groups is 3. The van der Waals surface area contributed by atoms with Crippen molar-refractivity contribution in [2.75, 3.05) is 7.11 Å². The molecular weight excluding hydrogens is 237 g/mol. The topological polar surface area (TPSA) is 92.7 Å². The number of aliphatic carboxylic acids is 1. The number of esters is 1. The maximum absolute atomic E-state index is 11.7. The monoisotopic (exact) mass is 254 g/mol. The van der Waals surface area contributed by atoms with Gasteiger partial charge in [0.2, 0.25) is 13.3 Å². The molecule has 1 fully saturated rings. The van der Waals surface area contributed by atoms with E-state index in [-0.39, 0.29) is 12.3 Å². The minimum atomic E-state index is -1.04. The summed E-state index contributed by atoms with van der Waals surface area (Å²) in [6.45, 7) is 1.66. The lowest BCUT2D eigenvalue weighted by Gasteiger charge is -2.31. The van der Waals surface area contributed by atoms with E-state index in [1.165, 1.54) is 14.5 Å². The van der Waals surface area contributed by atoms with Gasteiger partial charge in [0.15, 0.2) is 0 Å². The largest absolute Gasteiger partial charge is 0.481 e. The quantitative estimate of drug-likeness (QED) is 0.546. The van der Waals surface area contributed by atoms with Crippen molar-refractivity contribution in [2.24, 2.45) is 17.8 Å². The SMILES string of the molecule is C[B]NC(=O)C1CCC(C(=O)OC)CC1C(=O)O. The summed E-state index contributed by atoms with van der Waals surface area (Å²) in [5, 5.41) is 11.7. The zero-order valence-corrected chi connectivity index (χ0v) is 10.5. The molecule has 6 nitrogen and oxygen atoms in total. The first-order chi connectivity index (χ1) is 8.51. The predicted octanol–water partition coefficient (Wildman–Crippen LogP) is 0.0600. The van der Waals surface area contributed by atoms with Crippen LogP contribution >= 0.6 is 0 Å². The van der Waals surface area contributed by atoms with Crippen LogP contribution in [0.5, 0.6) is 0 Å². The van der Waals surface area contributed by atoms with Crippen molar-refractivity contribution >= 4 is 25.3 Å². The minimum absolute atomic E-state index is 0.157. The highest BCUT2D eigenvalue weighted by molar-refractivity contribution is 6.35. The van der Waals surface area contributed by atoms with Crippen molar-refractivity contribution in [1.29, 1.82) is 0 Å². The average molecular weight is 254 g/mol. The summed E-state index contributed by atoms with van der Waals surface area (Å²) in [4.78, 5) is 34.3. The van der Waals surface area contributed by atoms with E-state index in [0.717, 1.165) is 0 Å². The lowest BCUT2D eigenvalue weighted by Crippen LogP contribution is -2.43. The van der Waals surface area contributed by atoms with Crippen LogP contribution < -0.4 is 5.23 Å². The molecule has 18 heavy (non-hydrogen) atoms. The molecule has 0 aromatic carbocycles. The number of methoxy groups -OCH3 is 1. The Labute approximate surface area is 106 Å². The van der Waals surface area contributed by atoms with Crippen molar-refractivity contribution in [1.82, 2.24) is 5.23 Å². The number of rotatable bonds is 4. The normalized spacial score (nSPS) is 27.1. The maximum atomic E-state index is 11.7. The molecule has 7 heteroatoms. The second kappa shape index (κ2) is 6.42. The smallest absolute Gasteiger partial charge is 0.308 e. The zero-order chi connectivity index (χ0) is 13.7. The Balaban J connectivity index is 2.75. The van der Waals surface area contributed by atoms with Gasteiger partial charge in [-0.1, -0.05) is 6.82 Å². The van der Waals surface area contributed by atoms with Gasteiger partial charge in [-0.15, -0.1) is 0 Å². The molecule has 1 saturated carbocycles. The number of hydrogen-bond acceptors (Lipinski definition) is 4. The summed E-state index contributed by atoms with van der Waals surface area (Å²) < 4.78 is 4.62. The molecule has 99 valence electrons. The van der Waals surface area contributed by atoms with Crippen LogP contribution in [-0.2, 0) is 19.1 Å². The second-order valence-corrected chi connectivity index (χ2v) is 4.38. The third-order valence-corrected chi connectivity index (χ3v) is 3.33. The second-order valence-electron chi connectivity index (χ2n) is 4.38. The molecule has 0 bridgehead atoms. The minimum Gasteiger partial charge on any atom is -0.481 e. The number of ether oxygens (including phenoxy) is 1. The van der Waals surface area contributed by atoms with E-state index < -0.39 is 29.7 Å². The van der Waals surface area contributed by atoms with Crippen LogP contribution in [0.4, 0.5) is 0 Å². The van der Waals surface area contributed by atoms with Crippen LogP contribution in [0.1, 0.15) is 19.3 Å². The maximum Gasteiger partial charge on any atom is 0.308 e. The summed E-state index contributed by atoms with van der Waals surface area (Å²) in [6, 6.07) is 0. The fourth-order valence-corrected chi connectivity index (χ4v) is 2.39. The molecule has 1 rings (SSSR count). The Morgan fingerprint density at radius 2 is 1.94 bits per heavy atom. The van der Waals surface area contributed by atoms with Crippen LogP contribution in [-0.4, -0.2) is 37.5 Å². The highest BCUT2D eigenvalue weighted by Crippen LogP contribution is 2.35. The molecule has 2 N–H and O–H groups in total. The van der Waals surface area contributed by atoms with E-state index in [4.69, 9.17) is 5.11 Å². The Kier molecular flexibility index (Phi) is 5.18. The molecule has 0 spiro atoms. The highest BCUT2D eigenvalue weighted by Gasteiger charge is 2.41. The molecule has 1 aliphatic carbocycles. The van der Waals surface area contributed by atoms with Gasteiger partial charge in [-0.2, -0.15) is 0 Å². The van der Waals surface area contributed by atoms with E-state index in [0.29, 0.717) is 12.8 Å². The molecule has 3 atom stereocenters. The standard InChI is InChI=1S/C11H17BNO5/c1-12-13-9(14)7-4-3-6(11(17)18-2)5-8(7)10(15)16/h6-8H,3-5H2,1-2H3,(H,13,14)(H,15,16). The van der Waals surface area contributed by atoms with Crippen LogP contribution in [0, 0.1) is 17.8 Å². The third kappa shape index (κ3) is 3.24. The summed E-state index contributed by atoms with van der Waals surface area (Å²) in [7, 11) is 2.76. The lowest BCUT2D eigenvalue weighted by molar-refractivity contribution is -0.155. The van der Waals surface area contributed by atoms with E-state index in [9.17, 15) is 14.4 Å². The van der Waals surface area contributed by atoms with E-state index >= 15 is 0 Å². The summed E-state index contributed by atoms with van der Waals surface area (Å²) in [5.41, 5.74) is 0. The van der Waals surface area contributed by atoms with Crippen LogP contribution in [0.2, 0.25) is 6.82 Å². The number of carbonyl (C=O) groups excluding carboxylic acids is 2. The van der Waals surface area contributed by atoms with Gasteiger partial charge in [0.05, 0.1) is 24.9 Å². The van der Waals surface area contributed by atoms with Gasteiger partial charge in [-0.25, -0.2) is 0 Å². The Bertz CT molecular complexity index is 346. The molecule has 0 aromatic rings. The summed E-state index contributed by atoms with van der Waals surface area (Å²) >= 11 is 0. The number of carboxylic acids is 1. The molecule has 0 saturated heterocycles. The molecule has 1 aliphatic rings. The number of hydrogen-bond donors (Lipinski definition) is 2. The van der Waals surface area contributed by atoms with E-state index in [1.807, 2.05) is 0 Å². The molecular formula is C11H17BNO5. The molecule has 0 heterocycles. The number of nitrogens with one attached hydrogen (secondary N) is 1. The van der Waals surface area contributed by atoms with Crippen molar-refractivity contribution in [3.05, 3.63) is 0 Å². The van der Waals surface area contributed by atoms with Gasteiger partial charge in [-0.3, -0.25) is 14.4 Å². The van der Waals surface area contributed by atoms with Crippen LogP contribution in [0.25, 0.3) is 0 Å². The van der Waals surface area contributed by atoms with Gasteiger partial charge >= 0.3 is 11.9 Å². The first kappa shape index (κ1) is 14.5. The summed E-state index contributed by atoms with van der Waals surface area (Å²) in [6.07, 6.45) is 1.03. The Morgan fingerprint density at radius 3 is 2.44 bits per heavy atom. The number of carboxylic acid groups (broad SMARTS) is 1. The average Bonchev–Trinajstić information content (AvgIpc) is 2.37. The van der Waals surface area contributed by atoms with Crippen molar-refractivity contribution in [2.45, 2.75) is 26.1 Å². The first-order valence-electron chi connectivity index (χ1n) is 5.90. The molecule has 3 unspecified atom stereocenters. The fraction of sp³-hybridized carbons (Fsp3) is 0.727. The van der Waals surface area contributed by atoms with Crippen LogP contribution in [0.15, 0.2) is 0 Å². The Morgan fingerprint density at radius 1 is 1.28 bits per heavy atom. The van der Waals surface area contributed by atoms with Gasteiger partial charge < -0.3 is 15.1 Å². The van der Waals surface area contributed by atoms with Gasteiger partial charge in [-0.05, 0) is 19.3 Å². The highest BCUT2D eigenvalue weighted by atomic mass is 16.5. The number of amides is 1. The lowest BCUT2D eigenvalue weighted by atomic mass is 9.73. The van der Waals surface area contributed by atoms with E-state index in [2.05, 4.69) is 9.96 Å². The Hall–Kier alpha value is -1.53. The predicted molar refractivity (Wildman–Crippen MR) is 63.7 cm³/mol.